The van der Waals surface area contributed by atoms with Crippen LogP contribution >= 0.6 is 0 Å². The molecule has 0 bridgehead atoms. The Labute approximate surface area is 125 Å². The second-order valence-electron chi connectivity index (χ2n) is 5.40. The fourth-order valence-corrected chi connectivity index (χ4v) is 2.55. The first-order chi connectivity index (χ1) is 10.1. The molecule has 21 heavy (non-hydrogen) atoms. The molecular weight excluding hydrogens is 270 g/mol. The first kappa shape index (κ1) is 15.8. The maximum Gasteiger partial charge on any atom is 0.257 e. The second kappa shape index (κ2) is 7.43. The van der Waals surface area contributed by atoms with Gasteiger partial charge in [-0.25, -0.2) is 0 Å². The van der Waals surface area contributed by atoms with Gasteiger partial charge in [-0.05, 0) is 37.5 Å². The van der Waals surface area contributed by atoms with Crippen LogP contribution in [0.3, 0.4) is 0 Å². The minimum absolute atomic E-state index is 0.0439. The Morgan fingerprint density at radius 1 is 1.43 bits per heavy atom. The van der Waals surface area contributed by atoms with Crippen molar-refractivity contribution in [2.75, 3.05) is 33.4 Å². The maximum atomic E-state index is 12.5. The highest BCUT2D eigenvalue weighted by molar-refractivity contribution is 5.97. The van der Waals surface area contributed by atoms with Gasteiger partial charge in [-0.15, -0.1) is 0 Å². The SMILES string of the molecule is COCCOC1CCCN(C(=O)c2ccc(C)cc2O)C1. The Hall–Kier alpha value is -1.59. The van der Waals surface area contributed by atoms with Crippen LogP contribution in [0.4, 0.5) is 0 Å². The molecule has 1 aliphatic rings. The fourth-order valence-electron chi connectivity index (χ4n) is 2.55. The van der Waals surface area contributed by atoms with E-state index in [1.54, 1.807) is 24.1 Å². The zero-order valence-electron chi connectivity index (χ0n) is 12.7. The Morgan fingerprint density at radius 3 is 2.95 bits per heavy atom. The van der Waals surface area contributed by atoms with Gasteiger partial charge in [0.15, 0.2) is 0 Å². The van der Waals surface area contributed by atoms with Gasteiger partial charge in [0.25, 0.3) is 5.91 Å². The molecule has 0 aliphatic carbocycles. The van der Waals surface area contributed by atoms with E-state index in [0.29, 0.717) is 31.9 Å². The summed E-state index contributed by atoms with van der Waals surface area (Å²) in [6.07, 6.45) is 1.91. The lowest BCUT2D eigenvalue weighted by atomic mass is 10.1. The number of nitrogens with zero attached hydrogens (tertiary/aromatic N) is 1. The van der Waals surface area contributed by atoms with Crippen molar-refractivity contribution < 1.29 is 19.4 Å². The van der Waals surface area contributed by atoms with E-state index in [-0.39, 0.29) is 17.8 Å². The summed E-state index contributed by atoms with van der Waals surface area (Å²) < 4.78 is 10.7. The Balaban J connectivity index is 1.98. The number of hydrogen-bond acceptors (Lipinski definition) is 4. The Kier molecular flexibility index (Phi) is 5.59. The smallest absolute Gasteiger partial charge is 0.257 e. The number of likely N-dealkylation sites (tertiary alicyclic amines) is 1. The molecule has 0 radical (unpaired) electrons. The van der Waals surface area contributed by atoms with Crippen LogP contribution in [0.15, 0.2) is 18.2 Å². The zero-order valence-corrected chi connectivity index (χ0v) is 12.7. The molecule has 0 aromatic heterocycles. The van der Waals surface area contributed by atoms with E-state index in [9.17, 15) is 9.90 Å². The summed E-state index contributed by atoms with van der Waals surface area (Å²) in [6, 6.07) is 5.13. The van der Waals surface area contributed by atoms with Gasteiger partial charge in [0, 0.05) is 20.2 Å². The topological polar surface area (TPSA) is 59.0 Å². The normalized spacial score (nSPS) is 18.8. The summed E-state index contributed by atoms with van der Waals surface area (Å²) in [5, 5.41) is 9.94. The van der Waals surface area contributed by atoms with Crippen molar-refractivity contribution in [2.45, 2.75) is 25.9 Å². The summed E-state index contributed by atoms with van der Waals surface area (Å²) in [6.45, 7) is 4.25. The molecule has 1 N–H and O–H groups in total. The van der Waals surface area contributed by atoms with Crippen molar-refractivity contribution in [2.24, 2.45) is 0 Å². The summed E-state index contributed by atoms with van der Waals surface area (Å²) in [5.41, 5.74) is 1.29. The Morgan fingerprint density at radius 2 is 2.24 bits per heavy atom. The molecule has 2 rings (SSSR count). The summed E-state index contributed by atoms with van der Waals surface area (Å²) >= 11 is 0. The number of carbonyl (C=O) groups excluding carboxylic acids is 1. The largest absolute Gasteiger partial charge is 0.507 e. The lowest BCUT2D eigenvalue weighted by molar-refractivity contribution is -0.0172. The number of hydrogen-bond donors (Lipinski definition) is 1. The number of rotatable bonds is 5. The number of aryl methyl sites for hydroxylation is 1. The number of amides is 1. The van der Waals surface area contributed by atoms with Crippen molar-refractivity contribution in [3.63, 3.8) is 0 Å². The molecule has 1 heterocycles. The lowest BCUT2D eigenvalue weighted by Gasteiger charge is -2.32. The van der Waals surface area contributed by atoms with Gasteiger partial charge < -0.3 is 19.5 Å². The van der Waals surface area contributed by atoms with E-state index < -0.39 is 0 Å². The molecule has 0 spiro atoms. The molecule has 1 aliphatic heterocycles. The van der Waals surface area contributed by atoms with Crippen LogP contribution in [0.2, 0.25) is 0 Å². The van der Waals surface area contributed by atoms with E-state index in [4.69, 9.17) is 9.47 Å². The molecular formula is C16H23NO4. The van der Waals surface area contributed by atoms with E-state index >= 15 is 0 Å². The monoisotopic (exact) mass is 293 g/mol. The van der Waals surface area contributed by atoms with Crippen LogP contribution in [0.25, 0.3) is 0 Å². The van der Waals surface area contributed by atoms with Gasteiger partial charge in [0.05, 0.1) is 24.9 Å². The average molecular weight is 293 g/mol. The van der Waals surface area contributed by atoms with Crippen molar-refractivity contribution in [3.05, 3.63) is 29.3 Å². The predicted molar refractivity (Wildman–Crippen MR) is 79.6 cm³/mol. The number of benzene rings is 1. The molecule has 1 fully saturated rings. The minimum atomic E-state index is -0.132. The van der Waals surface area contributed by atoms with Gasteiger partial charge in [-0.3, -0.25) is 4.79 Å². The molecule has 0 saturated carbocycles. The highest BCUT2D eigenvalue weighted by Crippen LogP contribution is 2.22. The molecule has 1 amide bonds. The van der Waals surface area contributed by atoms with Crippen molar-refractivity contribution in [1.82, 2.24) is 4.90 Å². The third-order valence-electron chi connectivity index (χ3n) is 3.69. The predicted octanol–water partition coefficient (Wildman–Crippen LogP) is 1.97. The molecule has 1 aromatic rings. The quantitative estimate of drug-likeness (QED) is 0.843. The van der Waals surface area contributed by atoms with E-state index in [1.165, 1.54) is 0 Å². The molecule has 116 valence electrons. The van der Waals surface area contributed by atoms with Gasteiger partial charge in [0.1, 0.15) is 5.75 Å². The molecule has 1 unspecified atom stereocenters. The minimum Gasteiger partial charge on any atom is -0.507 e. The number of carbonyl (C=O) groups is 1. The number of phenols is 1. The van der Waals surface area contributed by atoms with Crippen LogP contribution in [-0.4, -0.2) is 55.4 Å². The second-order valence-corrected chi connectivity index (χ2v) is 5.40. The van der Waals surface area contributed by atoms with Crippen LogP contribution in [0, 0.1) is 6.92 Å². The summed E-state index contributed by atoms with van der Waals surface area (Å²) in [7, 11) is 1.64. The first-order valence-corrected chi connectivity index (χ1v) is 7.31. The van der Waals surface area contributed by atoms with Gasteiger partial charge in [0.2, 0.25) is 0 Å². The van der Waals surface area contributed by atoms with Crippen LogP contribution < -0.4 is 0 Å². The fraction of sp³-hybridized carbons (Fsp3) is 0.562. The first-order valence-electron chi connectivity index (χ1n) is 7.31. The van der Waals surface area contributed by atoms with E-state index in [0.717, 1.165) is 18.4 Å². The van der Waals surface area contributed by atoms with Crippen LogP contribution in [0.5, 0.6) is 5.75 Å². The number of methoxy groups -OCH3 is 1. The van der Waals surface area contributed by atoms with Crippen molar-refractivity contribution in [1.29, 1.82) is 0 Å². The van der Waals surface area contributed by atoms with Crippen LogP contribution in [-0.2, 0) is 9.47 Å². The van der Waals surface area contributed by atoms with Gasteiger partial charge >= 0.3 is 0 Å². The van der Waals surface area contributed by atoms with Crippen LogP contribution in [0.1, 0.15) is 28.8 Å². The van der Waals surface area contributed by atoms with E-state index in [2.05, 4.69) is 0 Å². The van der Waals surface area contributed by atoms with Gasteiger partial charge in [-0.2, -0.15) is 0 Å². The maximum absolute atomic E-state index is 12.5. The Bertz CT molecular complexity index is 489. The number of aromatic hydroxyl groups is 1. The number of phenolic OH excluding ortho intramolecular Hbond substituents is 1. The zero-order chi connectivity index (χ0) is 15.2. The standard InChI is InChI=1S/C16H23NO4/c1-12-5-6-14(15(18)10-12)16(19)17-7-3-4-13(11-17)21-9-8-20-2/h5-6,10,13,18H,3-4,7-9,11H2,1-2H3. The summed E-state index contributed by atoms with van der Waals surface area (Å²) in [5.74, 6) is -0.0880. The van der Waals surface area contributed by atoms with Gasteiger partial charge in [-0.1, -0.05) is 6.07 Å². The lowest BCUT2D eigenvalue weighted by Crippen LogP contribution is -2.43. The average Bonchev–Trinajstić information content (AvgIpc) is 2.47. The van der Waals surface area contributed by atoms with E-state index in [1.807, 2.05) is 13.0 Å². The van der Waals surface area contributed by atoms with Crippen molar-refractivity contribution in [3.8, 4) is 5.75 Å². The number of piperidine rings is 1. The highest BCUT2D eigenvalue weighted by atomic mass is 16.5. The third-order valence-corrected chi connectivity index (χ3v) is 3.69. The summed E-state index contributed by atoms with van der Waals surface area (Å²) in [4.78, 5) is 14.2. The molecule has 1 aromatic carbocycles. The van der Waals surface area contributed by atoms with Crippen molar-refractivity contribution >= 4 is 5.91 Å². The molecule has 1 atom stereocenters. The molecule has 5 nitrogen and oxygen atoms in total. The number of ether oxygens (including phenoxy) is 2. The highest BCUT2D eigenvalue weighted by Gasteiger charge is 2.26. The molecule has 5 heteroatoms. The molecule has 1 saturated heterocycles. The third kappa shape index (κ3) is 4.19.